The van der Waals surface area contributed by atoms with Crippen LogP contribution in [-0.4, -0.2) is 25.1 Å². The summed E-state index contributed by atoms with van der Waals surface area (Å²) in [7, 11) is 1.98. The van der Waals surface area contributed by atoms with Gasteiger partial charge in [0.1, 0.15) is 0 Å². The molecule has 1 aromatic rings. The molecule has 1 aliphatic rings. The van der Waals surface area contributed by atoms with Crippen LogP contribution in [0.3, 0.4) is 0 Å². The summed E-state index contributed by atoms with van der Waals surface area (Å²) >= 11 is 1.83. The second-order valence-electron chi connectivity index (χ2n) is 5.37. The van der Waals surface area contributed by atoms with Gasteiger partial charge in [-0.25, -0.2) is 4.98 Å². The van der Waals surface area contributed by atoms with Gasteiger partial charge in [-0.3, -0.25) is 0 Å². The second kappa shape index (κ2) is 4.34. The average Bonchev–Trinajstić information content (AvgIpc) is 2.72. The number of thiazole rings is 1. The Morgan fingerprint density at radius 1 is 1.50 bits per heavy atom. The van der Waals surface area contributed by atoms with Crippen molar-refractivity contribution in [1.29, 1.82) is 0 Å². The lowest BCUT2D eigenvalue weighted by Crippen LogP contribution is -2.22. The van der Waals surface area contributed by atoms with E-state index in [-0.39, 0.29) is 0 Å². The Morgan fingerprint density at radius 2 is 2.25 bits per heavy atom. The summed E-state index contributed by atoms with van der Waals surface area (Å²) in [4.78, 5) is 8.47. The third-order valence-corrected chi connectivity index (χ3v) is 4.38. The number of aryl methyl sites for hydroxylation is 1. The van der Waals surface area contributed by atoms with Crippen molar-refractivity contribution in [2.75, 3.05) is 25.0 Å². The summed E-state index contributed by atoms with van der Waals surface area (Å²) in [5.41, 5.74) is 1.63. The van der Waals surface area contributed by atoms with Crippen molar-refractivity contribution in [2.24, 2.45) is 5.41 Å². The molecule has 1 aliphatic heterocycles. The molecule has 90 valence electrons. The van der Waals surface area contributed by atoms with E-state index in [0.717, 1.165) is 19.6 Å². The summed E-state index contributed by atoms with van der Waals surface area (Å²) in [6.45, 7) is 10.00. The van der Waals surface area contributed by atoms with Crippen LogP contribution in [0.5, 0.6) is 0 Å². The largest absolute Gasteiger partial charge is 0.348 e. The van der Waals surface area contributed by atoms with Crippen LogP contribution in [0.25, 0.3) is 0 Å². The molecule has 3 nitrogen and oxygen atoms in total. The van der Waals surface area contributed by atoms with Gasteiger partial charge in [-0.2, -0.15) is 0 Å². The first-order chi connectivity index (χ1) is 7.52. The molecule has 2 rings (SSSR count). The molecule has 16 heavy (non-hydrogen) atoms. The Labute approximate surface area is 102 Å². The lowest BCUT2D eigenvalue weighted by atomic mass is 9.93. The number of hydrogen-bond acceptors (Lipinski definition) is 4. The van der Waals surface area contributed by atoms with Crippen molar-refractivity contribution in [2.45, 2.75) is 33.7 Å². The van der Waals surface area contributed by atoms with Gasteiger partial charge in [0.05, 0.1) is 5.69 Å². The molecule has 1 N–H and O–H groups in total. The molecule has 1 fully saturated rings. The van der Waals surface area contributed by atoms with Gasteiger partial charge in [0, 0.05) is 24.5 Å². The van der Waals surface area contributed by atoms with E-state index in [1.807, 2.05) is 18.4 Å². The van der Waals surface area contributed by atoms with E-state index in [2.05, 4.69) is 36.0 Å². The minimum Gasteiger partial charge on any atom is -0.348 e. The third-order valence-electron chi connectivity index (χ3n) is 3.17. The molecular formula is C12H21N3S. The molecule has 2 heterocycles. The Kier molecular flexibility index (Phi) is 3.22. The van der Waals surface area contributed by atoms with Crippen LogP contribution in [0.2, 0.25) is 0 Å². The van der Waals surface area contributed by atoms with Gasteiger partial charge in [-0.1, -0.05) is 13.8 Å². The van der Waals surface area contributed by atoms with E-state index >= 15 is 0 Å². The molecule has 0 aromatic carbocycles. The minimum atomic E-state index is 0.447. The van der Waals surface area contributed by atoms with Gasteiger partial charge in [0.25, 0.3) is 0 Å². The topological polar surface area (TPSA) is 28.2 Å². The Morgan fingerprint density at radius 3 is 2.81 bits per heavy atom. The number of aromatic nitrogens is 1. The molecule has 0 radical (unpaired) electrons. The van der Waals surface area contributed by atoms with Crippen molar-refractivity contribution in [3.8, 4) is 0 Å². The maximum atomic E-state index is 4.68. The lowest BCUT2D eigenvalue weighted by Gasteiger charge is -2.18. The smallest absolute Gasteiger partial charge is 0.185 e. The van der Waals surface area contributed by atoms with Crippen LogP contribution in [0.15, 0.2) is 0 Å². The van der Waals surface area contributed by atoms with Crippen LogP contribution in [-0.2, 0) is 6.54 Å². The molecule has 0 atom stereocenters. The second-order valence-corrected chi connectivity index (χ2v) is 6.43. The van der Waals surface area contributed by atoms with Crippen molar-refractivity contribution < 1.29 is 0 Å². The number of anilines is 1. The van der Waals surface area contributed by atoms with Gasteiger partial charge < -0.3 is 10.2 Å². The zero-order valence-corrected chi connectivity index (χ0v) is 11.4. The molecular weight excluding hydrogens is 218 g/mol. The predicted octanol–water partition coefficient (Wildman–Crippen LogP) is 2.41. The molecule has 0 spiro atoms. The molecule has 0 aliphatic carbocycles. The van der Waals surface area contributed by atoms with E-state index in [1.54, 1.807) is 0 Å². The molecule has 1 aromatic heterocycles. The van der Waals surface area contributed by atoms with Crippen LogP contribution >= 0.6 is 11.3 Å². The highest BCUT2D eigenvalue weighted by molar-refractivity contribution is 7.15. The Balaban J connectivity index is 2.13. The highest BCUT2D eigenvalue weighted by Gasteiger charge is 2.30. The SMILES string of the molecule is CNCc1sc(N2CCC(C)(C)C2)nc1C. The first-order valence-corrected chi connectivity index (χ1v) is 6.69. The summed E-state index contributed by atoms with van der Waals surface area (Å²) in [6, 6.07) is 0. The molecule has 4 heteroatoms. The number of nitrogens with one attached hydrogen (secondary N) is 1. The predicted molar refractivity (Wildman–Crippen MR) is 70.2 cm³/mol. The zero-order chi connectivity index (χ0) is 11.8. The summed E-state index contributed by atoms with van der Waals surface area (Å²) < 4.78 is 0. The maximum absolute atomic E-state index is 4.68. The van der Waals surface area contributed by atoms with E-state index < -0.39 is 0 Å². The normalized spacial score (nSPS) is 19.4. The Bertz CT molecular complexity index is 370. The third kappa shape index (κ3) is 2.38. The van der Waals surface area contributed by atoms with E-state index in [9.17, 15) is 0 Å². The first kappa shape index (κ1) is 11.9. The monoisotopic (exact) mass is 239 g/mol. The van der Waals surface area contributed by atoms with Gasteiger partial charge in [-0.15, -0.1) is 11.3 Å². The summed E-state index contributed by atoms with van der Waals surface area (Å²) in [5, 5.41) is 4.40. The van der Waals surface area contributed by atoms with E-state index in [1.165, 1.54) is 22.1 Å². The maximum Gasteiger partial charge on any atom is 0.185 e. The van der Waals surface area contributed by atoms with Crippen LogP contribution in [0.4, 0.5) is 5.13 Å². The minimum absolute atomic E-state index is 0.447. The number of hydrogen-bond donors (Lipinski definition) is 1. The fourth-order valence-electron chi connectivity index (χ4n) is 2.15. The van der Waals surface area contributed by atoms with Gasteiger partial charge in [0.2, 0.25) is 0 Å². The van der Waals surface area contributed by atoms with Gasteiger partial charge in [-0.05, 0) is 25.8 Å². The van der Waals surface area contributed by atoms with Gasteiger partial charge >= 0.3 is 0 Å². The van der Waals surface area contributed by atoms with Crippen LogP contribution in [0.1, 0.15) is 30.8 Å². The fraction of sp³-hybridized carbons (Fsp3) is 0.750. The summed E-state index contributed by atoms with van der Waals surface area (Å²) in [5.74, 6) is 0. The number of nitrogens with zero attached hydrogens (tertiary/aromatic N) is 2. The molecule has 0 amide bonds. The summed E-state index contributed by atoms with van der Waals surface area (Å²) in [6.07, 6.45) is 1.27. The molecule has 0 saturated carbocycles. The highest BCUT2D eigenvalue weighted by Crippen LogP contribution is 2.35. The molecule has 0 unspecified atom stereocenters. The molecule has 0 bridgehead atoms. The average molecular weight is 239 g/mol. The fourth-order valence-corrected chi connectivity index (χ4v) is 3.25. The van der Waals surface area contributed by atoms with Crippen molar-refractivity contribution in [3.05, 3.63) is 10.6 Å². The van der Waals surface area contributed by atoms with Gasteiger partial charge in [0.15, 0.2) is 5.13 Å². The van der Waals surface area contributed by atoms with Crippen molar-refractivity contribution >= 4 is 16.5 Å². The molecule has 1 saturated heterocycles. The van der Waals surface area contributed by atoms with E-state index in [0.29, 0.717) is 5.41 Å². The zero-order valence-electron chi connectivity index (χ0n) is 10.6. The lowest BCUT2D eigenvalue weighted by molar-refractivity contribution is 0.418. The Hall–Kier alpha value is -0.610. The van der Waals surface area contributed by atoms with Crippen LogP contribution in [0, 0.1) is 12.3 Å². The van der Waals surface area contributed by atoms with E-state index in [4.69, 9.17) is 0 Å². The highest BCUT2D eigenvalue weighted by atomic mass is 32.1. The quantitative estimate of drug-likeness (QED) is 0.878. The number of rotatable bonds is 3. The first-order valence-electron chi connectivity index (χ1n) is 5.88. The van der Waals surface area contributed by atoms with Crippen LogP contribution < -0.4 is 10.2 Å². The van der Waals surface area contributed by atoms with Crippen molar-refractivity contribution in [3.63, 3.8) is 0 Å². The standard InChI is InChI=1S/C12H21N3S/c1-9-10(7-13-4)16-11(14-9)15-6-5-12(2,3)8-15/h13H,5-8H2,1-4H3. The van der Waals surface area contributed by atoms with Crippen molar-refractivity contribution in [1.82, 2.24) is 10.3 Å².